The Morgan fingerprint density at radius 1 is 1.08 bits per heavy atom. The minimum Gasteiger partial charge on any atom is -0.419 e. The Kier molecular flexibility index (Phi) is 7.55. The number of nitrogens with one attached hydrogen (secondary N) is 1. The molecule has 1 fully saturated rings. The summed E-state index contributed by atoms with van der Waals surface area (Å²) in [5.74, 6) is -1.25. The second kappa shape index (κ2) is 10.7. The van der Waals surface area contributed by atoms with Gasteiger partial charge in [-0.3, -0.25) is 24.9 Å². The molecule has 2 heterocycles. The molecule has 0 saturated carbocycles. The van der Waals surface area contributed by atoms with E-state index in [1.165, 1.54) is 17.9 Å². The van der Waals surface area contributed by atoms with Gasteiger partial charge in [-0.25, -0.2) is 13.2 Å². The number of pyridine rings is 1. The molecule has 37 heavy (non-hydrogen) atoms. The summed E-state index contributed by atoms with van der Waals surface area (Å²) < 4.78 is 33.3. The van der Waals surface area contributed by atoms with E-state index in [1.807, 2.05) is 13.8 Å². The number of rotatable bonds is 10. The topological polar surface area (TPSA) is 126 Å². The standard InChI is InChI=1S/C26H28N4O6S/c1-17(2)15-22(30-25(36-26(30)33)21-12-6-7-14-27-21)24(32)28-29(16-18(3)31)37(34,35)23-13-8-10-19-9-4-5-11-20(19)23/h4-14,17,22,25H,15-16H2,1-3H3,(H,28,32)/t22-,25?/m0/s1. The molecule has 1 aliphatic heterocycles. The highest BCUT2D eigenvalue weighted by molar-refractivity contribution is 7.89. The Bertz CT molecular complexity index is 1420. The first kappa shape index (κ1) is 26.2. The van der Waals surface area contributed by atoms with Crippen LogP contribution in [0.2, 0.25) is 0 Å². The van der Waals surface area contributed by atoms with Gasteiger partial charge in [-0.05, 0) is 42.8 Å². The van der Waals surface area contributed by atoms with Gasteiger partial charge in [-0.2, -0.15) is 0 Å². The molecule has 3 aromatic rings. The highest BCUT2D eigenvalue weighted by atomic mass is 32.2. The fourth-order valence-corrected chi connectivity index (χ4v) is 5.71. The number of sulfonamides is 1. The molecular formula is C26H28N4O6S. The van der Waals surface area contributed by atoms with E-state index in [0.29, 0.717) is 20.9 Å². The summed E-state index contributed by atoms with van der Waals surface area (Å²) >= 11 is 0. The number of amides is 2. The summed E-state index contributed by atoms with van der Waals surface area (Å²) in [4.78, 5) is 43.5. The lowest BCUT2D eigenvalue weighted by Gasteiger charge is -2.44. The Morgan fingerprint density at radius 2 is 1.78 bits per heavy atom. The SMILES string of the molecule is CC(=O)CN(NC(=O)[C@H](CC(C)C)N1C(=O)OC1c1ccccn1)S(=O)(=O)c1cccc2ccccc12. The van der Waals surface area contributed by atoms with E-state index in [2.05, 4.69) is 10.4 Å². The predicted octanol–water partition coefficient (Wildman–Crippen LogP) is 3.41. The third kappa shape index (κ3) is 5.47. The minimum absolute atomic E-state index is 0.0236. The maximum Gasteiger partial charge on any atom is 0.415 e. The van der Waals surface area contributed by atoms with E-state index in [-0.39, 0.29) is 17.2 Å². The van der Waals surface area contributed by atoms with Crippen molar-refractivity contribution in [2.75, 3.05) is 6.54 Å². The number of Topliss-reactive ketones (excluding diaryl/α,β-unsaturated/α-hetero) is 1. The molecule has 0 bridgehead atoms. The van der Waals surface area contributed by atoms with Crippen molar-refractivity contribution in [1.82, 2.24) is 19.7 Å². The lowest BCUT2D eigenvalue weighted by Crippen LogP contribution is -2.61. The number of aromatic nitrogens is 1. The van der Waals surface area contributed by atoms with E-state index in [4.69, 9.17) is 4.74 Å². The van der Waals surface area contributed by atoms with Crippen molar-refractivity contribution in [3.8, 4) is 0 Å². The number of nitrogens with zero attached hydrogens (tertiary/aromatic N) is 3. The van der Waals surface area contributed by atoms with Crippen molar-refractivity contribution in [2.24, 2.45) is 5.92 Å². The van der Waals surface area contributed by atoms with Crippen LogP contribution in [0.25, 0.3) is 10.8 Å². The van der Waals surface area contributed by atoms with Gasteiger partial charge in [0.25, 0.3) is 15.9 Å². The Morgan fingerprint density at radius 3 is 2.43 bits per heavy atom. The second-order valence-electron chi connectivity index (χ2n) is 9.21. The van der Waals surface area contributed by atoms with Crippen LogP contribution in [-0.2, 0) is 24.3 Å². The average molecular weight is 525 g/mol. The third-order valence-electron chi connectivity index (χ3n) is 5.87. The van der Waals surface area contributed by atoms with Crippen LogP contribution in [0.15, 0.2) is 71.8 Å². The molecule has 0 spiro atoms. The van der Waals surface area contributed by atoms with Gasteiger partial charge in [0.15, 0.2) is 0 Å². The number of hydrazine groups is 1. The number of cyclic esters (lactones) is 1. The summed E-state index contributed by atoms with van der Waals surface area (Å²) in [6, 6.07) is 15.8. The molecule has 0 radical (unpaired) electrons. The Hall–Kier alpha value is -3.83. The summed E-state index contributed by atoms with van der Waals surface area (Å²) in [5, 5.41) is 1.14. The summed E-state index contributed by atoms with van der Waals surface area (Å²) in [7, 11) is -4.34. The van der Waals surface area contributed by atoms with Gasteiger partial charge >= 0.3 is 6.09 Å². The monoisotopic (exact) mass is 524 g/mol. The average Bonchev–Trinajstić information content (AvgIpc) is 2.86. The lowest BCUT2D eigenvalue weighted by molar-refractivity contribution is -0.152. The van der Waals surface area contributed by atoms with Crippen LogP contribution < -0.4 is 5.43 Å². The van der Waals surface area contributed by atoms with Crippen LogP contribution in [0.4, 0.5) is 4.79 Å². The fourth-order valence-electron chi connectivity index (χ4n) is 4.19. The Labute approximate surface area is 215 Å². The number of hydrogen-bond acceptors (Lipinski definition) is 7. The van der Waals surface area contributed by atoms with Gasteiger partial charge in [0.05, 0.1) is 11.4 Å². The zero-order valence-corrected chi connectivity index (χ0v) is 21.5. The molecule has 1 aromatic heterocycles. The number of carbonyl (C=O) groups excluding carboxylic acids is 3. The van der Waals surface area contributed by atoms with Gasteiger partial charge in [0.1, 0.15) is 17.5 Å². The minimum atomic E-state index is -4.34. The molecule has 194 valence electrons. The number of carbonyl (C=O) groups is 3. The zero-order chi connectivity index (χ0) is 26.7. The van der Waals surface area contributed by atoms with Crippen molar-refractivity contribution < 1.29 is 27.5 Å². The van der Waals surface area contributed by atoms with E-state index < -0.39 is 46.6 Å². The summed E-state index contributed by atoms with van der Waals surface area (Å²) in [6.07, 6.45) is 0.167. The molecule has 1 aliphatic rings. The first-order valence-electron chi connectivity index (χ1n) is 11.8. The van der Waals surface area contributed by atoms with E-state index in [9.17, 15) is 22.8 Å². The van der Waals surface area contributed by atoms with Crippen LogP contribution in [0.5, 0.6) is 0 Å². The molecular weight excluding hydrogens is 496 g/mol. The highest BCUT2D eigenvalue weighted by Crippen LogP contribution is 2.35. The fraction of sp³-hybridized carbons (Fsp3) is 0.308. The van der Waals surface area contributed by atoms with Gasteiger partial charge in [-0.15, -0.1) is 4.41 Å². The van der Waals surface area contributed by atoms with Crippen molar-refractivity contribution in [1.29, 1.82) is 0 Å². The molecule has 2 atom stereocenters. The molecule has 10 nitrogen and oxygen atoms in total. The molecule has 1 saturated heterocycles. The first-order chi connectivity index (χ1) is 17.6. The normalized spacial score (nSPS) is 16.4. The van der Waals surface area contributed by atoms with Gasteiger partial charge in [-0.1, -0.05) is 56.3 Å². The lowest BCUT2D eigenvalue weighted by atomic mass is 10.0. The summed E-state index contributed by atoms with van der Waals surface area (Å²) in [5.41, 5.74) is 2.85. The van der Waals surface area contributed by atoms with Crippen LogP contribution in [0.1, 0.15) is 39.1 Å². The molecule has 11 heteroatoms. The number of ether oxygens (including phenoxy) is 1. The molecule has 2 amide bonds. The highest BCUT2D eigenvalue weighted by Gasteiger charge is 2.48. The van der Waals surface area contributed by atoms with Gasteiger partial charge in [0, 0.05) is 11.6 Å². The zero-order valence-electron chi connectivity index (χ0n) is 20.7. The van der Waals surface area contributed by atoms with E-state index in [1.54, 1.807) is 60.8 Å². The number of benzene rings is 2. The van der Waals surface area contributed by atoms with Crippen LogP contribution >= 0.6 is 0 Å². The van der Waals surface area contributed by atoms with Crippen molar-refractivity contribution >= 4 is 38.6 Å². The first-order valence-corrected chi connectivity index (χ1v) is 13.2. The molecule has 4 rings (SSSR count). The van der Waals surface area contributed by atoms with Crippen molar-refractivity contribution in [2.45, 2.75) is 44.4 Å². The second-order valence-corrected chi connectivity index (χ2v) is 11.0. The van der Waals surface area contributed by atoms with Crippen LogP contribution in [0.3, 0.4) is 0 Å². The van der Waals surface area contributed by atoms with E-state index >= 15 is 0 Å². The van der Waals surface area contributed by atoms with Crippen LogP contribution in [0, 0.1) is 5.92 Å². The van der Waals surface area contributed by atoms with Gasteiger partial charge in [0.2, 0.25) is 6.23 Å². The third-order valence-corrected chi connectivity index (χ3v) is 7.58. The quantitative estimate of drug-likeness (QED) is 0.403. The largest absolute Gasteiger partial charge is 0.419 e. The smallest absolute Gasteiger partial charge is 0.415 e. The maximum absolute atomic E-state index is 13.7. The molecule has 1 N–H and O–H groups in total. The molecule has 2 aromatic carbocycles. The molecule has 0 aliphatic carbocycles. The predicted molar refractivity (Wildman–Crippen MR) is 135 cm³/mol. The molecule has 1 unspecified atom stereocenters. The number of ketones is 1. The summed E-state index contributed by atoms with van der Waals surface area (Å²) in [6.45, 7) is 4.40. The number of hydrogen-bond donors (Lipinski definition) is 1. The van der Waals surface area contributed by atoms with Crippen LogP contribution in [-0.4, -0.2) is 53.1 Å². The maximum atomic E-state index is 13.7. The number of fused-ring (bicyclic) bond motifs is 1. The van der Waals surface area contributed by atoms with Crippen molar-refractivity contribution in [3.05, 3.63) is 72.6 Å². The van der Waals surface area contributed by atoms with E-state index in [0.717, 1.165) is 0 Å². The Balaban J connectivity index is 1.68. The van der Waals surface area contributed by atoms with Crippen molar-refractivity contribution in [3.63, 3.8) is 0 Å². The van der Waals surface area contributed by atoms with Gasteiger partial charge < -0.3 is 4.74 Å².